The minimum atomic E-state index is -0.382. The topological polar surface area (TPSA) is 32.7 Å². The van der Waals surface area contributed by atoms with Crippen molar-refractivity contribution < 1.29 is 14.2 Å². The van der Waals surface area contributed by atoms with Gasteiger partial charge in [-0.25, -0.2) is 4.39 Å². The van der Waals surface area contributed by atoms with Crippen LogP contribution < -0.4 is 0 Å². The third-order valence-electron chi connectivity index (χ3n) is 5.51. The molecule has 2 atom stereocenters. The summed E-state index contributed by atoms with van der Waals surface area (Å²) in [7, 11) is 0. The van der Waals surface area contributed by atoms with E-state index in [9.17, 15) is 9.50 Å². The van der Waals surface area contributed by atoms with Crippen molar-refractivity contribution in [3.05, 3.63) is 71.0 Å². The Hall–Kier alpha value is -1.75. The Bertz CT molecular complexity index is 710. The van der Waals surface area contributed by atoms with E-state index in [0.29, 0.717) is 6.61 Å². The number of aliphatic hydroxyl groups excluding tert-OH is 1. The first-order chi connectivity index (χ1) is 12.2. The van der Waals surface area contributed by atoms with E-state index in [1.807, 2.05) is 18.2 Å². The Labute approximate surface area is 148 Å². The minimum Gasteiger partial charge on any atom is -0.387 e. The molecular formula is C21H24FNO2. The van der Waals surface area contributed by atoms with Crippen LogP contribution in [0.2, 0.25) is 0 Å². The van der Waals surface area contributed by atoms with E-state index in [-0.39, 0.29) is 24.1 Å². The summed E-state index contributed by atoms with van der Waals surface area (Å²) >= 11 is 0. The molecule has 4 heteroatoms. The molecule has 1 N–H and O–H groups in total. The molecule has 0 radical (unpaired) electrons. The SMILES string of the molecule is OC1c2ccccc2CC1N1CCC(OCc2ccc(F)cc2)CC1. The second-order valence-corrected chi connectivity index (χ2v) is 7.09. The van der Waals surface area contributed by atoms with Gasteiger partial charge in [0.15, 0.2) is 0 Å². The largest absolute Gasteiger partial charge is 0.387 e. The van der Waals surface area contributed by atoms with E-state index in [1.165, 1.54) is 17.7 Å². The number of hydrogen-bond acceptors (Lipinski definition) is 3. The molecule has 1 aliphatic carbocycles. The van der Waals surface area contributed by atoms with Crippen LogP contribution in [0.25, 0.3) is 0 Å². The molecule has 0 bridgehead atoms. The molecule has 2 aromatic rings. The molecule has 1 aliphatic heterocycles. The summed E-state index contributed by atoms with van der Waals surface area (Å²) in [5.74, 6) is -0.215. The lowest BCUT2D eigenvalue weighted by atomic mass is 10.0. The zero-order valence-corrected chi connectivity index (χ0v) is 14.3. The first-order valence-corrected chi connectivity index (χ1v) is 9.06. The molecule has 1 saturated heterocycles. The van der Waals surface area contributed by atoms with Crippen molar-refractivity contribution in [2.24, 2.45) is 0 Å². The summed E-state index contributed by atoms with van der Waals surface area (Å²) in [5, 5.41) is 10.6. The maximum absolute atomic E-state index is 12.9. The van der Waals surface area contributed by atoms with E-state index >= 15 is 0 Å². The quantitative estimate of drug-likeness (QED) is 0.924. The first kappa shape index (κ1) is 16.7. The lowest BCUT2D eigenvalue weighted by Crippen LogP contribution is -2.45. The van der Waals surface area contributed by atoms with Crippen LogP contribution in [-0.4, -0.2) is 35.2 Å². The molecule has 3 nitrogen and oxygen atoms in total. The molecule has 25 heavy (non-hydrogen) atoms. The molecular weight excluding hydrogens is 317 g/mol. The number of halogens is 1. The summed E-state index contributed by atoms with van der Waals surface area (Å²) in [5.41, 5.74) is 3.36. The number of likely N-dealkylation sites (tertiary alicyclic amines) is 1. The van der Waals surface area contributed by atoms with E-state index < -0.39 is 0 Å². The average Bonchev–Trinajstić information content (AvgIpc) is 2.99. The Morgan fingerprint density at radius 1 is 1.04 bits per heavy atom. The predicted molar refractivity (Wildman–Crippen MR) is 94.7 cm³/mol. The lowest BCUT2D eigenvalue weighted by Gasteiger charge is -2.37. The van der Waals surface area contributed by atoms with E-state index in [2.05, 4.69) is 11.0 Å². The first-order valence-electron chi connectivity index (χ1n) is 9.06. The van der Waals surface area contributed by atoms with Gasteiger partial charge < -0.3 is 9.84 Å². The number of hydrogen-bond donors (Lipinski definition) is 1. The number of piperidine rings is 1. The predicted octanol–water partition coefficient (Wildman–Crippen LogP) is 3.47. The number of nitrogens with zero attached hydrogens (tertiary/aromatic N) is 1. The van der Waals surface area contributed by atoms with Crippen molar-refractivity contribution >= 4 is 0 Å². The normalized spacial score (nSPS) is 24.4. The Kier molecular flexibility index (Phi) is 4.84. The maximum Gasteiger partial charge on any atom is 0.123 e. The summed E-state index contributed by atoms with van der Waals surface area (Å²) in [4.78, 5) is 2.41. The van der Waals surface area contributed by atoms with Gasteiger partial charge in [0.25, 0.3) is 0 Å². The van der Waals surface area contributed by atoms with Gasteiger partial charge in [0, 0.05) is 19.1 Å². The van der Waals surface area contributed by atoms with Gasteiger partial charge in [-0.15, -0.1) is 0 Å². The highest BCUT2D eigenvalue weighted by atomic mass is 19.1. The molecule has 2 aliphatic rings. The molecule has 0 aromatic heterocycles. The van der Waals surface area contributed by atoms with E-state index in [1.54, 1.807) is 12.1 Å². The second-order valence-electron chi connectivity index (χ2n) is 7.09. The van der Waals surface area contributed by atoms with Crippen LogP contribution in [0, 0.1) is 5.82 Å². The molecule has 132 valence electrons. The number of ether oxygens (including phenoxy) is 1. The van der Waals surface area contributed by atoms with Gasteiger partial charge in [-0.3, -0.25) is 4.90 Å². The molecule has 1 heterocycles. The maximum atomic E-state index is 12.9. The number of fused-ring (bicyclic) bond motifs is 1. The fourth-order valence-corrected chi connectivity index (χ4v) is 4.05. The second kappa shape index (κ2) is 7.24. The van der Waals surface area contributed by atoms with Gasteiger partial charge >= 0.3 is 0 Å². The van der Waals surface area contributed by atoms with Gasteiger partial charge in [-0.2, -0.15) is 0 Å². The van der Waals surface area contributed by atoms with Crippen LogP contribution in [0.1, 0.15) is 35.6 Å². The average molecular weight is 341 g/mol. The highest BCUT2D eigenvalue weighted by Gasteiger charge is 2.36. The van der Waals surface area contributed by atoms with Gasteiger partial charge in [0.05, 0.1) is 18.8 Å². The van der Waals surface area contributed by atoms with Gasteiger partial charge in [0.1, 0.15) is 5.82 Å². The summed E-state index contributed by atoms with van der Waals surface area (Å²) in [6.07, 6.45) is 2.73. The van der Waals surface area contributed by atoms with E-state index in [4.69, 9.17) is 4.74 Å². The van der Waals surface area contributed by atoms with Crippen molar-refractivity contribution in [3.8, 4) is 0 Å². The molecule has 0 saturated carbocycles. The smallest absolute Gasteiger partial charge is 0.123 e. The highest BCUT2D eigenvalue weighted by molar-refractivity contribution is 5.36. The summed E-state index contributed by atoms with van der Waals surface area (Å²) in [6, 6.07) is 14.9. The molecule has 4 rings (SSSR count). The zero-order chi connectivity index (χ0) is 17.2. The van der Waals surface area contributed by atoms with Crippen molar-refractivity contribution in [2.45, 2.75) is 44.1 Å². The van der Waals surface area contributed by atoms with Crippen LogP contribution in [-0.2, 0) is 17.8 Å². The lowest BCUT2D eigenvalue weighted by molar-refractivity contribution is -0.0268. The monoisotopic (exact) mass is 341 g/mol. The van der Waals surface area contributed by atoms with Gasteiger partial charge in [-0.05, 0) is 48.1 Å². The standard InChI is InChI=1S/C21H24FNO2/c22-17-7-5-15(6-8-17)14-25-18-9-11-23(12-10-18)20-13-16-3-1-2-4-19(16)21(20)24/h1-8,18,20-21,24H,9-14H2. The van der Waals surface area contributed by atoms with Crippen LogP contribution in [0.4, 0.5) is 4.39 Å². The fourth-order valence-electron chi connectivity index (χ4n) is 4.05. The third-order valence-corrected chi connectivity index (χ3v) is 5.51. The van der Waals surface area contributed by atoms with Crippen LogP contribution in [0.3, 0.4) is 0 Å². The van der Waals surface area contributed by atoms with Crippen molar-refractivity contribution in [2.75, 3.05) is 13.1 Å². The van der Waals surface area contributed by atoms with Crippen molar-refractivity contribution in [1.29, 1.82) is 0 Å². The zero-order valence-electron chi connectivity index (χ0n) is 14.3. The van der Waals surface area contributed by atoms with E-state index in [0.717, 1.165) is 43.5 Å². The van der Waals surface area contributed by atoms with Crippen LogP contribution in [0.5, 0.6) is 0 Å². The summed E-state index contributed by atoms with van der Waals surface area (Å²) in [6.45, 7) is 2.43. The van der Waals surface area contributed by atoms with Gasteiger partial charge in [-0.1, -0.05) is 36.4 Å². The minimum absolute atomic E-state index is 0.190. The summed E-state index contributed by atoms with van der Waals surface area (Å²) < 4.78 is 18.9. The van der Waals surface area contributed by atoms with Crippen molar-refractivity contribution in [1.82, 2.24) is 4.90 Å². The highest BCUT2D eigenvalue weighted by Crippen LogP contribution is 2.35. The number of rotatable bonds is 4. The molecule has 0 amide bonds. The number of aliphatic hydroxyl groups is 1. The molecule has 0 spiro atoms. The Morgan fingerprint density at radius 2 is 1.76 bits per heavy atom. The van der Waals surface area contributed by atoms with Crippen LogP contribution in [0.15, 0.2) is 48.5 Å². The molecule has 2 unspecified atom stereocenters. The molecule has 1 fully saturated rings. The molecule has 2 aromatic carbocycles. The fraction of sp³-hybridized carbons (Fsp3) is 0.429. The number of benzene rings is 2. The van der Waals surface area contributed by atoms with Gasteiger partial charge in [0.2, 0.25) is 0 Å². The third kappa shape index (κ3) is 3.61. The van der Waals surface area contributed by atoms with Crippen molar-refractivity contribution in [3.63, 3.8) is 0 Å². The Morgan fingerprint density at radius 3 is 2.48 bits per heavy atom. The van der Waals surface area contributed by atoms with Crippen LogP contribution >= 0.6 is 0 Å². The Balaban J connectivity index is 1.28.